The van der Waals surface area contributed by atoms with Gasteiger partial charge >= 0.3 is 0 Å². The second-order valence-corrected chi connectivity index (χ2v) is 10.4. The van der Waals surface area contributed by atoms with E-state index in [-0.39, 0.29) is 24.2 Å². The Kier molecular flexibility index (Phi) is 8.54. The number of ether oxygens (including phenoxy) is 2. The molecular formula is C30H37FN2O4. The Labute approximate surface area is 218 Å². The van der Waals surface area contributed by atoms with Gasteiger partial charge in [-0.25, -0.2) is 4.39 Å². The van der Waals surface area contributed by atoms with Crippen molar-refractivity contribution in [1.29, 1.82) is 0 Å². The Bertz CT molecular complexity index is 1060. The Balaban J connectivity index is 1.26. The van der Waals surface area contributed by atoms with Crippen LogP contribution < -0.4 is 0 Å². The van der Waals surface area contributed by atoms with Gasteiger partial charge in [-0.1, -0.05) is 42.8 Å². The van der Waals surface area contributed by atoms with Crippen LogP contribution in [0.15, 0.2) is 60.4 Å². The molecule has 3 aliphatic rings. The number of carbonyl (C=O) groups is 1. The number of amides is 1. The third-order valence-electron chi connectivity index (χ3n) is 7.87. The van der Waals surface area contributed by atoms with E-state index in [4.69, 9.17) is 9.47 Å². The Morgan fingerprint density at radius 2 is 1.62 bits per heavy atom. The highest BCUT2D eigenvalue weighted by molar-refractivity contribution is 5.91. The zero-order valence-electron chi connectivity index (χ0n) is 21.4. The summed E-state index contributed by atoms with van der Waals surface area (Å²) in [5.74, 6) is -0.171. The summed E-state index contributed by atoms with van der Waals surface area (Å²) in [6, 6.07) is 14.5. The standard InChI is InChI=1S/C30H37FN2O4/c31-26-10-8-24(9-11-26)25-18-28(37-29(19-25)36-21-23-6-4-22(20-34)5-7-23)30(35)33-16-12-27(13-17-33)32-14-2-1-3-15-32/h4-11,18,25,27,29,34H,1-3,12-17,19-21H2/t25-,29+/m1/s1. The zero-order valence-corrected chi connectivity index (χ0v) is 21.4. The molecule has 0 bridgehead atoms. The van der Waals surface area contributed by atoms with E-state index in [1.807, 2.05) is 35.2 Å². The van der Waals surface area contributed by atoms with Gasteiger partial charge < -0.3 is 24.4 Å². The van der Waals surface area contributed by atoms with Crippen LogP contribution in [0.2, 0.25) is 0 Å². The summed E-state index contributed by atoms with van der Waals surface area (Å²) in [6.07, 6.45) is 7.67. The third-order valence-corrected chi connectivity index (χ3v) is 7.87. The van der Waals surface area contributed by atoms with Crippen LogP contribution in [0.3, 0.4) is 0 Å². The predicted octanol–water partition coefficient (Wildman–Crippen LogP) is 4.73. The van der Waals surface area contributed by atoms with Crippen LogP contribution in [0.1, 0.15) is 61.1 Å². The van der Waals surface area contributed by atoms with Crippen molar-refractivity contribution in [2.75, 3.05) is 26.2 Å². The first kappa shape index (κ1) is 25.9. The largest absolute Gasteiger partial charge is 0.459 e. The maximum atomic E-state index is 13.6. The summed E-state index contributed by atoms with van der Waals surface area (Å²) in [4.78, 5) is 18.0. The molecule has 2 aromatic carbocycles. The molecule has 198 valence electrons. The van der Waals surface area contributed by atoms with Crippen molar-refractivity contribution in [2.24, 2.45) is 0 Å². The molecule has 0 saturated carbocycles. The minimum absolute atomic E-state index is 0.00221. The lowest BCUT2D eigenvalue weighted by Crippen LogP contribution is -2.49. The SMILES string of the molecule is O=C(C1=C[C@@H](c2ccc(F)cc2)C[C@@H](OCc2ccc(CO)cc2)O1)N1CCC(N2CCCCC2)CC1. The molecule has 37 heavy (non-hydrogen) atoms. The van der Waals surface area contributed by atoms with Gasteiger partial charge in [-0.15, -0.1) is 0 Å². The summed E-state index contributed by atoms with van der Waals surface area (Å²) in [7, 11) is 0. The van der Waals surface area contributed by atoms with Crippen molar-refractivity contribution >= 4 is 5.91 Å². The van der Waals surface area contributed by atoms with Gasteiger partial charge in [0, 0.05) is 31.5 Å². The number of rotatable bonds is 7. The summed E-state index contributed by atoms with van der Waals surface area (Å²) in [5.41, 5.74) is 2.73. The van der Waals surface area contributed by atoms with Crippen LogP contribution in [0, 0.1) is 5.82 Å². The van der Waals surface area contributed by atoms with E-state index in [2.05, 4.69) is 4.90 Å². The smallest absolute Gasteiger partial charge is 0.288 e. The highest BCUT2D eigenvalue weighted by atomic mass is 19.1. The van der Waals surface area contributed by atoms with Gasteiger partial charge in [0.25, 0.3) is 5.91 Å². The molecule has 1 amide bonds. The van der Waals surface area contributed by atoms with E-state index < -0.39 is 6.29 Å². The summed E-state index contributed by atoms with van der Waals surface area (Å²) >= 11 is 0. The van der Waals surface area contributed by atoms with E-state index in [0.29, 0.717) is 24.8 Å². The summed E-state index contributed by atoms with van der Waals surface area (Å²) in [5, 5.41) is 9.27. The summed E-state index contributed by atoms with van der Waals surface area (Å²) < 4.78 is 25.8. The van der Waals surface area contributed by atoms with Gasteiger partial charge in [0.1, 0.15) is 5.82 Å². The van der Waals surface area contributed by atoms with Crippen LogP contribution in [-0.4, -0.2) is 59.3 Å². The first-order chi connectivity index (χ1) is 18.1. The number of hydrogen-bond donors (Lipinski definition) is 1. The normalized spacial score (nSPS) is 23.4. The number of carbonyl (C=O) groups excluding carboxylic acids is 1. The Morgan fingerprint density at radius 3 is 2.30 bits per heavy atom. The monoisotopic (exact) mass is 508 g/mol. The summed E-state index contributed by atoms with van der Waals surface area (Å²) in [6.45, 7) is 4.13. The lowest BCUT2D eigenvalue weighted by atomic mass is 9.92. The fraction of sp³-hybridized carbons (Fsp3) is 0.500. The molecule has 0 aliphatic carbocycles. The van der Waals surface area contributed by atoms with Gasteiger partial charge in [0.2, 0.25) is 6.29 Å². The second-order valence-electron chi connectivity index (χ2n) is 10.4. The first-order valence-corrected chi connectivity index (χ1v) is 13.6. The molecular weight excluding hydrogens is 471 g/mol. The van der Waals surface area contributed by atoms with E-state index in [9.17, 15) is 14.3 Å². The fourth-order valence-corrected chi connectivity index (χ4v) is 5.66. The molecule has 2 fully saturated rings. The highest BCUT2D eigenvalue weighted by Gasteiger charge is 2.34. The van der Waals surface area contributed by atoms with Crippen LogP contribution in [0.5, 0.6) is 0 Å². The van der Waals surface area contributed by atoms with Crippen molar-refractivity contribution in [3.8, 4) is 0 Å². The Morgan fingerprint density at radius 1 is 0.946 bits per heavy atom. The van der Waals surface area contributed by atoms with Crippen molar-refractivity contribution in [2.45, 2.75) is 70.0 Å². The Hall–Kier alpha value is -2.74. The van der Waals surface area contributed by atoms with E-state index in [1.165, 1.54) is 44.5 Å². The highest BCUT2D eigenvalue weighted by Crippen LogP contribution is 2.33. The first-order valence-electron chi connectivity index (χ1n) is 13.6. The molecule has 5 rings (SSSR count). The van der Waals surface area contributed by atoms with Crippen LogP contribution in [-0.2, 0) is 27.5 Å². The quantitative estimate of drug-likeness (QED) is 0.586. The number of nitrogens with zero attached hydrogens (tertiary/aromatic N) is 2. The number of piperidine rings is 2. The van der Waals surface area contributed by atoms with Gasteiger partial charge in [-0.3, -0.25) is 4.79 Å². The number of likely N-dealkylation sites (tertiary alicyclic amines) is 2. The molecule has 2 atom stereocenters. The van der Waals surface area contributed by atoms with Crippen molar-refractivity contribution < 1.29 is 23.8 Å². The topological polar surface area (TPSA) is 62.2 Å². The van der Waals surface area contributed by atoms with Gasteiger partial charge in [0.05, 0.1) is 13.2 Å². The van der Waals surface area contributed by atoms with Gasteiger partial charge in [-0.2, -0.15) is 0 Å². The molecule has 0 unspecified atom stereocenters. The molecule has 6 nitrogen and oxygen atoms in total. The lowest BCUT2D eigenvalue weighted by molar-refractivity contribution is -0.157. The van der Waals surface area contributed by atoms with Crippen molar-refractivity contribution in [3.05, 3.63) is 82.9 Å². The number of allylic oxidation sites excluding steroid dienone is 1. The number of hydrogen-bond acceptors (Lipinski definition) is 5. The van der Waals surface area contributed by atoms with Crippen LogP contribution >= 0.6 is 0 Å². The van der Waals surface area contributed by atoms with Gasteiger partial charge in [-0.05, 0) is 73.7 Å². The molecule has 3 aliphatic heterocycles. The molecule has 1 N–H and O–H groups in total. The van der Waals surface area contributed by atoms with Crippen LogP contribution in [0.25, 0.3) is 0 Å². The van der Waals surface area contributed by atoms with E-state index in [0.717, 1.165) is 42.6 Å². The van der Waals surface area contributed by atoms with Gasteiger partial charge in [0.15, 0.2) is 5.76 Å². The van der Waals surface area contributed by atoms with Crippen LogP contribution in [0.4, 0.5) is 4.39 Å². The minimum Gasteiger partial charge on any atom is -0.459 e. The van der Waals surface area contributed by atoms with E-state index >= 15 is 0 Å². The number of halogens is 1. The predicted molar refractivity (Wildman–Crippen MR) is 139 cm³/mol. The molecule has 7 heteroatoms. The second kappa shape index (κ2) is 12.2. The zero-order chi connectivity index (χ0) is 25.6. The molecule has 0 spiro atoms. The number of benzene rings is 2. The maximum absolute atomic E-state index is 13.6. The lowest BCUT2D eigenvalue weighted by Gasteiger charge is -2.40. The third kappa shape index (κ3) is 6.58. The molecule has 2 aromatic rings. The average molecular weight is 509 g/mol. The molecule has 0 radical (unpaired) electrons. The maximum Gasteiger partial charge on any atom is 0.288 e. The molecule has 2 saturated heterocycles. The van der Waals surface area contributed by atoms with Crippen molar-refractivity contribution in [1.82, 2.24) is 9.80 Å². The van der Waals surface area contributed by atoms with E-state index in [1.54, 1.807) is 12.1 Å². The number of aliphatic hydroxyl groups is 1. The number of aliphatic hydroxyl groups excluding tert-OH is 1. The fourth-order valence-electron chi connectivity index (χ4n) is 5.66. The average Bonchev–Trinajstić information content (AvgIpc) is 2.97. The molecule has 0 aromatic heterocycles. The minimum atomic E-state index is -0.595. The van der Waals surface area contributed by atoms with Crippen molar-refractivity contribution in [3.63, 3.8) is 0 Å². The molecule has 3 heterocycles.